The van der Waals surface area contributed by atoms with Crippen LogP contribution in [0.15, 0.2) is 24.3 Å². The Hall–Kier alpha value is -1.07. The molecule has 5 heteroatoms. The van der Waals surface area contributed by atoms with Crippen LogP contribution in [0.4, 0.5) is 0 Å². The molecule has 4 nitrogen and oxygen atoms in total. The summed E-state index contributed by atoms with van der Waals surface area (Å²) in [6.07, 6.45) is 45.9. The Bertz CT molecular complexity index is 695. The largest absolute Gasteiger partial charge is 0.392 e. The Morgan fingerprint density at radius 3 is 1.15 bits per heavy atom. The molecule has 0 amide bonds. The minimum absolute atomic E-state index is 0.217. The SMILES string of the molecule is CCCCCCCCC=CCCCCCCCCN(CCCCCCCCC=CCCCCCCCC)[C@@H](CS)C(=O)OC(=O)CC. The molecule has 0 N–H and O–H groups in total. The first kappa shape index (κ1) is 45.9. The third kappa shape index (κ3) is 31.9. The Balaban J connectivity index is 4.17. The number of unbranched alkanes of at least 4 members (excludes halogenated alkanes) is 24. The van der Waals surface area contributed by atoms with E-state index >= 15 is 0 Å². The summed E-state index contributed by atoms with van der Waals surface area (Å²) >= 11 is 4.49. The molecule has 0 aromatic carbocycles. The first-order valence-electron chi connectivity index (χ1n) is 20.5. The van der Waals surface area contributed by atoms with Crippen LogP contribution in [-0.4, -0.2) is 41.7 Å². The van der Waals surface area contributed by atoms with E-state index in [2.05, 4.69) is 55.7 Å². The molecule has 0 aromatic heterocycles. The van der Waals surface area contributed by atoms with Crippen molar-refractivity contribution in [2.45, 2.75) is 213 Å². The van der Waals surface area contributed by atoms with Gasteiger partial charge in [-0.1, -0.05) is 161 Å². The van der Waals surface area contributed by atoms with Gasteiger partial charge < -0.3 is 4.74 Å². The molecule has 0 aromatic rings. The van der Waals surface area contributed by atoms with Gasteiger partial charge in [0.1, 0.15) is 6.04 Å². The van der Waals surface area contributed by atoms with E-state index in [-0.39, 0.29) is 6.42 Å². The van der Waals surface area contributed by atoms with Crippen molar-refractivity contribution in [3.8, 4) is 0 Å². The lowest BCUT2D eigenvalue weighted by atomic mass is 10.1. The molecule has 0 spiro atoms. The van der Waals surface area contributed by atoms with Crippen LogP contribution in [0.3, 0.4) is 0 Å². The number of esters is 2. The molecular formula is C42H79NO3S. The highest BCUT2D eigenvalue weighted by molar-refractivity contribution is 7.80. The van der Waals surface area contributed by atoms with Crippen LogP contribution < -0.4 is 0 Å². The highest BCUT2D eigenvalue weighted by atomic mass is 32.1. The number of hydrogen-bond acceptors (Lipinski definition) is 5. The first-order chi connectivity index (χ1) is 23.1. The van der Waals surface area contributed by atoms with Gasteiger partial charge in [0.2, 0.25) is 0 Å². The number of allylic oxidation sites excluding steroid dienone is 4. The number of thiol groups is 1. The number of hydrogen-bond donors (Lipinski definition) is 1. The van der Waals surface area contributed by atoms with Gasteiger partial charge >= 0.3 is 11.9 Å². The molecule has 0 unspecified atom stereocenters. The topological polar surface area (TPSA) is 46.6 Å². The summed E-state index contributed by atoms with van der Waals surface area (Å²) in [6.45, 7) is 8.01. The maximum Gasteiger partial charge on any atom is 0.331 e. The van der Waals surface area contributed by atoms with Crippen molar-refractivity contribution in [2.75, 3.05) is 18.8 Å². The summed E-state index contributed by atoms with van der Waals surface area (Å²) in [4.78, 5) is 26.8. The monoisotopic (exact) mass is 678 g/mol. The lowest BCUT2D eigenvalue weighted by Crippen LogP contribution is -2.45. The second-order valence-electron chi connectivity index (χ2n) is 13.8. The molecule has 0 rings (SSSR count). The van der Waals surface area contributed by atoms with Gasteiger partial charge in [0.05, 0.1) is 0 Å². The Morgan fingerprint density at radius 1 is 0.511 bits per heavy atom. The van der Waals surface area contributed by atoms with Crippen molar-refractivity contribution in [1.82, 2.24) is 4.90 Å². The van der Waals surface area contributed by atoms with Gasteiger partial charge in [-0.3, -0.25) is 9.69 Å². The molecule has 276 valence electrons. The van der Waals surface area contributed by atoms with Crippen molar-refractivity contribution in [3.05, 3.63) is 24.3 Å². The third-order valence-electron chi connectivity index (χ3n) is 9.30. The zero-order valence-corrected chi connectivity index (χ0v) is 32.5. The molecule has 0 aliphatic heterocycles. The molecular weight excluding hydrogens is 599 g/mol. The van der Waals surface area contributed by atoms with Gasteiger partial charge in [-0.05, 0) is 77.3 Å². The number of carbonyl (C=O) groups excluding carboxylic acids is 2. The second-order valence-corrected chi connectivity index (χ2v) is 14.1. The Morgan fingerprint density at radius 2 is 0.830 bits per heavy atom. The molecule has 0 heterocycles. The third-order valence-corrected chi connectivity index (χ3v) is 9.65. The fourth-order valence-electron chi connectivity index (χ4n) is 6.14. The summed E-state index contributed by atoms with van der Waals surface area (Å²) in [6, 6.07) is -0.444. The summed E-state index contributed by atoms with van der Waals surface area (Å²) in [5, 5.41) is 0. The zero-order valence-electron chi connectivity index (χ0n) is 31.6. The van der Waals surface area contributed by atoms with E-state index in [1.807, 2.05) is 0 Å². The Labute approximate surface area is 299 Å². The van der Waals surface area contributed by atoms with Crippen LogP contribution in [0.5, 0.6) is 0 Å². The summed E-state index contributed by atoms with van der Waals surface area (Å²) in [5.41, 5.74) is 0. The fourth-order valence-corrected chi connectivity index (χ4v) is 6.52. The number of ether oxygens (including phenoxy) is 1. The molecule has 0 aliphatic rings. The van der Waals surface area contributed by atoms with Gasteiger partial charge in [0.25, 0.3) is 0 Å². The minimum Gasteiger partial charge on any atom is -0.392 e. The van der Waals surface area contributed by atoms with Crippen molar-refractivity contribution in [2.24, 2.45) is 0 Å². The van der Waals surface area contributed by atoms with Crippen molar-refractivity contribution in [3.63, 3.8) is 0 Å². The van der Waals surface area contributed by atoms with Crippen LogP contribution >= 0.6 is 12.6 Å². The highest BCUT2D eigenvalue weighted by Gasteiger charge is 2.27. The van der Waals surface area contributed by atoms with Gasteiger partial charge in [-0.15, -0.1) is 0 Å². The molecule has 0 fully saturated rings. The van der Waals surface area contributed by atoms with E-state index in [9.17, 15) is 9.59 Å². The lowest BCUT2D eigenvalue weighted by molar-refractivity contribution is -0.162. The molecule has 0 saturated heterocycles. The van der Waals surface area contributed by atoms with E-state index in [4.69, 9.17) is 4.74 Å². The number of nitrogens with zero attached hydrogens (tertiary/aromatic N) is 1. The van der Waals surface area contributed by atoms with Crippen molar-refractivity contribution >= 4 is 24.6 Å². The van der Waals surface area contributed by atoms with E-state index in [1.54, 1.807) is 6.92 Å². The van der Waals surface area contributed by atoms with Crippen molar-refractivity contribution in [1.29, 1.82) is 0 Å². The van der Waals surface area contributed by atoms with Gasteiger partial charge in [0.15, 0.2) is 0 Å². The average Bonchev–Trinajstić information content (AvgIpc) is 3.07. The molecule has 0 aliphatic carbocycles. The van der Waals surface area contributed by atoms with Gasteiger partial charge in [0, 0.05) is 12.2 Å². The highest BCUT2D eigenvalue weighted by Crippen LogP contribution is 2.15. The van der Waals surface area contributed by atoms with Crippen LogP contribution in [0.25, 0.3) is 0 Å². The Kier molecular flexibility index (Phi) is 36.9. The maximum absolute atomic E-state index is 12.8. The van der Waals surface area contributed by atoms with E-state index in [1.165, 1.54) is 167 Å². The molecule has 0 saturated carbocycles. The quantitative estimate of drug-likeness (QED) is 0.0236. The number of rotatable bonds is 36. The van der Waals surface area contributed by atoms with Gasteiger partial charge in [-0.25, -0.2) is 4.79 Å². The average molecular weight is 678 g/mol. The summed E-state index contributed by atoms with van der Waals surface area (Å²) in [5.74, 6) is -0.494. The summed E-state index contributed by atoms with van der Waals surface area (Å²) in [7, 11) is 0. The molecule has 0 radical (unpaired) electrons. The fraction of sp³-hybridized carbons (Fsp3) is 0.857. The van der Waals surface area contributed by atoms with Crippen LogP contribution in [0.1, 0.15) is 207 Å². The maximum atomic E-state index is 12.8. The van der Waals surface area contributed by atoms with Crippen molar-refractivity contribution < 1.29 is 14.3 Å². The lowest BCUT2D eigenvalue weighted by Gasteiger charge is -2.29. The normalized spacial score (nSPS) is 12.5. The molecule has 47 heavy (non-hydrogen) atoms. The summed E-state index contributed by atoms with van der Waals surface area (Å²) < 4.78 is 5.12. The number of carbonyl (C=O) groups is 2. The molecule has 1 atom stereocenters. The predicted octanol–water partition coefficient (Wildman–Crippen LogP) is 13.1. The predicted molar refractivity (Wildman–Crippen MR) is 210 cm³/mol. The van der Waals surface area contributed by atoms with Crippen LogP contribution in [-0.2, 0) is 14.3 Å². The van der Waals surface area contributed by atoms with E-state index < -0.39 is 18.0 Å². The smallest absolute Gasteiger partial charge is 0.331 e. The first-order valence-corrected chi connectivity index (χ1v) is 21.1. The minimum atomic E-state index is -0.448. The molecule has 0 bridgehead atoms. The van der Waals surface area contributed by atoms with Gasteiger partial charge in [-0.2, -0.15) is 12.6 Å². The zero-order chi connectivity index (χ0) is 34.5. The van der Waals surface area contributed by atoms with Crippen LogP contribution in [0, 0.1) is 0 Å². The van der Waals surface area contributed by atoms with E-state index in [0.29, 0.717) is 5.75 Å². The van der Waals surface area contributed by atoms with E-state index in [0.717, 1.165) is 25.9 Å². The standard InChI is InChI=1S/C42H79NO3S/c1-4-7-9-11-13-15-17-19-21-23-25-27-29-31-33-35-37-43(40(39-47)42(45)46-41(44)6-3)38-36-34-32-30-28-26-24-22-20-18-16-14-12-10-8-5-2/h19-22,40,47H,4-18,23-39H2,1-3H3/t40-/m0/s1. The second kappa shape index (κ2) is 37.7. The van der Waals surface area contributed by atoms with Crippen LogP contribution in [0.2, 0.25) is 0 Å².